The second-order valence-corrected chi connectivity index (χ2v) is 5.34. The lowest BCUT2D eigenvalue weighted by atomic mass is 10.2. The first kappa shape index (κ1) is 17.0. The monoisotopic (exact) mass is 343 g/mol. The molecular weight excluding hydrogens is 322 g/mol. The molecule has 0 radical (unpaired) electrons. The first-order valence-electron chi connectivity index (χ1n) is 6.94. The second-order valence-electron chi connectivity index (χ2n) is 4.42. The van der Waals surface area contributed by atoms with Gasteiger partial charge in [0.05, 0.1) is 13.2 Å². The Morgan fingerprint density at radius 2 is 2.10 bits per heavy atom. The molecule has 1 rings (SSSR count). The zero-order chi connectivity index (χ0) is 14.8. The van der Waals surface area contributed by atoms with E-state index in [2.05, 4.69) is 15.9 Å². The lowest BCUT2D eigenvalue weighted by Gasteiger charge is -2.10. The number of carbonyl (C=O) groups excluding carboxylic acids is 1. The van der Waals surface area contributed by atoms with Gasteiger partial charge in [-0.25, -0.2) is 0 Å². The second kappa shape index (κ2) is 9.77. The summed E-state index contributed by atoms with van der Waals surface area (Å²) in [6, 6.07) is 5.83. The Labute approximate surface area is 128 Å². The normalized spacial score (nSPS) is 10.3. The number of unbranched alkanes of at least 4 members (excludes halogenated alkanes) is 2. The summed E-state index contributed by atoms with van der Waals surface area (Å²) in [7, 11) is 0. The van der Waals surface area contributed by atoms with Crippen molar-refractivity contribution in [3.05, 3.63) is 28.2 Å². The maximum absolute atomic E-state index is 11.1. The molecule has 20 heavy (non-hydrogen) atoms. The fourth-order valence-electron chi connectivity index (χ4n) is 1.81. The van der Waals surface area contributed by atoms with E-state index in [1.165, 1.54) is 0 Å². The number of benzene rings is 1. The molecule has 0 aromatic heterocycles. The van der Waals surface area contributed by atoms with E-state index in [4.69, 9.17) is 15.2 Å². The summed E-state index contributed by atoms with van der Waals surface area (Å²) < 4.78 is 11.6. The van der Waals surface area contributed by atoms with Gasteiger partial charge in [-0.2, -0.15) is 0 Å². The molecule has 0 saturated heterocycles. The van der Waals surface area contributed by atoms with Gasteiger partial charge in [0.1, 0.15) is 5.75 Å². The van der Waals surface area contributed by atoms with Crippen molar-refractivity contribution >= 4 is 21.9 Å². The maximum Gasteiger partial charge on any atom is 0.305 e. The summed E-state index contributed by atoms with van der Waals surface area (Å²) in [5.74, 6) is 0.716. The molecule has 0 heterocycles. The maximum atomic E-state index is 11.1. The van der Waals surface area contributed by atoms with Gasteiger partial charge in [0.25, 0.3) is 0 Å². The van der Waals surface area contributed by atoms with Crippen LogP contribution in [0.5, 0.6) is 5.75 Å². The molecule has 0 spiro atoms. The van der Waals surface area contributed by atoms with Crippen LogP contribution in [0.25, 0.3) is 0 Å². The average Bonchev–Trinajstić information content (AvgIpc) is 2.44. The molecule has 1 aromatic rings. The summed E-state index contributed by atoms with van der Waals surface area (Å²) in [4.78, 5) is 11.1. The fraction of sp³-hybridized carbons (Fsp3) is 0.533. The number of halogens is 1. The lowest BCUT2D eigenvalue weighted by molar-refractivity contribution is -0.143. The molecule has 112 valence electrons. The van der Waals surface area contributed by atoms with E-state index in [9.17, 15) is 4.79 Å². The van der Waals surface area contributed by atoms with Crippen LogP contribution in [0.1, 0.15) is 38.2 Å². The summed E-state index contributed by atoms with van der Waals surface area (Å²) in [6.07, 6.45) is 3.19. The van der Waals surface area contributed by atoms with Crippen molar-refractivity contribution in [3.63, 3.8) is 0 Å². The van der Waals surface area contributed by atoms with Gasteiger partial charge in [-0.05, 0) is 44.4 Å². The Hall–Kier alpha value is -1.07. The highest BCUT2D eigenvalue weighted by Gasteiger charge is 2.04. The van der Waals surface area contributed by atoms with Crippen molar-refractivity contribution in [3.8, 4) is 5.75 Å². The van der Waals surface area contributed by atoms with E-state index >= 15 is 0 Å². The quantitative estimate of drug-likeness (QED) is 0.551. The average molecular weight is 344 g/mol. The number of hydrogen-bond acceptors (Lipinski definition) is 4. The topological polar surface area (TPSA) is 61.5 Å². The van der Waals surface area contributed by atoms with Crippen molar-refractivity contribution in [2.45, 2.75) is 39.2 Å². The number of rotatable bonds is 9. The van der Waals surface area contributed by atoms with Gasteiger partial charge in [-0.1, -0.05) is 15.9 Å². The molecule has 0 bridgehead atoms. The fourth-order valence-corrected chi connectivity index (χ4v) is 2.22. The SMILES string of the molecule is CCOC(=O)CCCCCOc1ccc(Br)cc1CN. The van der Waals surface area contributed by atoms with Gasteiger partial charge in [0.2, 0.25) is 0 Å². The van der Waals surface area contributed by atoms with Crippen molar-refractivity contribution < 1.29 is 14.3 Å². The minimum Gasteiger partial charge on any atom is -0.493 e. The lowest BCUT2D eigenvalue weighted by Crippen LogP contribution is -2.05. The molecule has 2 N–H and O–H groups in total. The van der Waals surface area contributed by atoms with Crippen LogP contribution >= 0.6 is 15.9 Å². The van der Waals surface area contributed by atoms with Gasteiger partial charge in [-0.15, -0.1) is 0 Å². The van der Waals surface area contributed by atoms with E-state index in [0.29, 0.717) is 26.2 Å². The van der Waals surface area contributed by atoms with Gasteiger partial charge < -0.3 is 15.2 Å². The summed E-state index contributed by atoms with van der Waals surface area (Å²) in [5, 5.41) is 0. The Bertz CT molecular complexity index is 424. The van der Waals surface area contributed by atoms with Crippen LogP contribution in [0.4, 0.5) is 0 Å². The van der Waals surface area contributed by atoms with E-state index in [1.807, 2.05) is 25.1 Å². The molecular formula is C15H22BrNO3. The predicted octanol–water partition coefficient (Wildman–Crippen LogP) is 3.41. The molecule has 4 nitrogen and oxygen atoms in total. The number of ether oxygens (including phenoxy) is 2. The standard InChI is InChI=1S/C15H22BrNO3/c1-2-19-15(18)6-4-3-5-9-20-14-8-7-13(16)10-12(14)11-17/h7-8,10H,2-6,9,11,17H2,1H3. The molecule has 0 saturated carbocycles. The van der Waals surface area contributed by atoms with E-state index in [1.54, 1.807) is 0 Å². The third-order valence-electron chi connectivity index (χ3n) is 2.83. The number of esters is 1. The molecule has 0 atom stereocenters. The van der Waals surface area contributed by atoms with Crippen molar-refractivity contribution in [2.24, 2.45) is 5.73 Å². The minimum atomic E-state index is -0.119. The zero-order valence-corrected chi connectivity index (χ0v) is 13.4. The smallest absolute Gasteiger partial charge is 0.305 e. The van der Waals surface area contributed by atoms with Crippen LogP contribution in [-0.4, -0.2) is 19.2 Å². The molecule has 0 aliphatic carbocycles. The van der Waals surface area contributed by atoms with E-state index in [-0.39, 0.29) is 5.97 Å². The van der Waals surface area contributed by atoms with Gasteiger partial charge in [-0.3, -0.25) is 4.79 Å². The third kappa shape index (κ3) is 6.39. The summed E-state index contributed by atoms with van der Waals surface area (Å²) in [5.41, 5.74) is 6.67. The van der Waals surface area contributed by atoms with Crippen LogP contribution in [0.15, 0.2) is 22.7 Å². The molecule has 0 aliphatic rings. The van der Waals surface area contributed by atoms with Gasteiger partial charge in [0, 0.05) is 23.0 Å². The highest BCUT2D eigenvalue weighted by Crippen LogP contribution is 2.23. The Morgan fingerprint density at radius 3 is 2.80 bits per heavy atom. The zero-order valence-electron chi connectivity index (χ0n) is 11.9. The third-order valence-corrected chi connectivity index (χ3v) is 3.32. The summed E-state index contributed by atoms with van der Waals surface area (Å²) >= 11 is 3.41. The Morgan fingerprint density at radius 1 is 1.30 bits per heavy atom. The number of nitrogens with two attached hydrogens (primary N) is 1. The highest BCUT2D eigenvalue weighted by atomic mass is 79.9. The molecule has 0 amide bonds. The Kier molecular flexibility index (Phi) is 8.30. The number of hydrogen-bond donors (Lipinski definition) is 1. The largest absolute Gasteiger partial charge is 0.493 e. The Balaban J connectivity index is 2.20. The highest BCUT2D eigenvalue weighted by molar-refractivity contribution is 9.10. The van der Waals surface area contributed by atoms with Crippen molar-refractivity contribution in [1.29, 1.82) is 0 Å². The molecule has 0 unspecified atom stereocenters. The minimum absolute atomic E-state index is 0.119. The van der Waals surface area contributed by atoms with Crippen molar-refractivity contribution in [1.82, 2.24) is 0 Å². The molecule has 0 fully saturated rings. The van der Waals surface area contributed by atoms with Crippen molar-refractivity contribution in [2.75, 3.05) is 13.2 Å². The van der Waals surface area contributed by atoms with E-state index in [0.717, 1.165) is 35.0 Å². The first-order chi connectivity index (χ1) is 9.67. The van der Waals surface area contributed by atoms with Crippen LogP contribution in [0.2, 0.25) is 0 Å². The van der Waals surface area contributed by atoms with Crippen LogP contribution in [-0.2, 0) is 16.1 Å². The summed E-state index contributed by atoms with van der Waals surface area (Å²) in [6.45, 7) is 3.36. The van der Waals surface area contributed by atoms with Crippen LogP contribution < -0.4 is 10.5 Å². The van der Waals surface area contributed by atoms with Gasteiger partial charge >= 0.3 is 5.97 Å². The molecule has 1 aromatic carbocycles. The molecule has 0 aliphatic heterocycles. The predicted molar refractivity (Wildman–Crippen MR) is 82.6 cm³/mol. The first-order valence-corrected chi connectivity index (χ1v) is 7.73. The molecule has 5 heteroatoms. The van der Waals surface area contributed by atoms with Crippen LogP contribution in [0.3, 0.4) is 0 Å². The number of carbonyl (C=O) groups is 1. The van der Waals surface area contributed by atoms with E-state index < -0.39 is 0 Å². The van der Waals surface area contributed by atoms with Gasteiger partial charge in [0.15, 0.2) is 0 Å². The van der Waals surface area contributed by atoms with Crippen LogP contribution in [0, 0.1) is 0 Å².